The van der Waals surface area contributed by atoms with E-state index in [0.717, 1.165) is 51.3 Å². The smallest absolute Gasteiger partial charge is 0.223 e. The molecule has 0 aliphatic carbocycles. The third-order valence-electron chi connectivity index (χ3n) is 5.43. The lowest BCUT2D eigenvalue weighted by Crippen LogP contribution is -2.49. The summed E-state index contributed by atoms with van der Waals surface area (Å²) in [5.74, 6) is 1.41. The van der Waals surface area contributed by atoms with Crippen molar-refractivity contribution in [1.29, 1.82) is 0 Å². The molecule has 2 aliphatic heterocycles. The number of hydrogen-bond acceptors (Lipinski definition) is 5. The molecule has 1 unspecified atom stereocenters. The van der Waals surface area contributed by atoms with Gasteiger partial charge in [-0.05, 0) is 18.6 Å². The molecule has 0 spiro atoms. The number of amides is 1. The normalized spacial score (nSPS) is 20.9. The Kier molecular flexibility index (Phi) is 5.76. The Morgan fingerprint density at radius 1 is 1.26 bits per heavy atom. The van der Waals surface area contributed by atoms with Crippen LogP contribution in [0.4, 0.5) is 0 Å². The quantitative estimate of drug-likeness (QED) is 0.852. The largest absolute Gasteiger partial charge is 0.441 e. The zero-order chi connectivity index (χ0) is 18.6. The van der Waals surface area contributed by atoms with Crippen LogP contribution in [0.25, 0.3) is 11.3 Å². The number of hydrogen-bond donors (Lipinski definition) is 1. The second-order valence-electron chi connectivity index (χ2n) is 7.17. The van der Waals surface area contributed by atoms with Crippen molar-refractivity contribution in [1.82, 2.24) is 20.1 Å². The summed E-state index contributed by atoms with van der Waals surface area (Å²) in [6, 6.07) is 8.02. The molecule has 2 aromatic rings. The fourth-order valence-corrected chi connectivity index (χ4v) is 4.13. The number of halogens is 1. The summed E-state index contributed by atoms with van der Waals surface area (Å²) in [5, 5.41) is 4.01. The van der Waals surface area contributed by atoms with E-state index in [0.29, 0.717) is 35.6 Å². The number of aromatic nitrogens is 1. The summed E-state index contributed by atoms with van der Waals surface area (Å²) in [6.07, 6.45) is 3.69. The Hall–Kier alpha value is -1.89. The lowest BCUT2D eigenvalue weighted by Gasteiger charge is -2.32. The molecular formula is C20H25ClN4O2. The molecule has 2 saturated heterocycles. The summed E-state index contributed by atoms with van der Waals surface area (Å²) in [4.78, 5) is 21.4. The maximum atomic E-state index is 12.6. The minimum absolute atomic E-state index is 0.185. The van der Waals surface area contributed by atoms with Crippen LogP contribution in [-0.4, -0.2) is 66.0 Å². The third kappa shape index (κ3) is 4.34. The van der Waals surface area contributed by atoms with Crippen molar-refractivity contribution in [3.05, 3.63) is 41.4 Å². The van der Waals surface area contributed by atoms with Gasteiger partial charge in [0.25, 0.3) is 0 Å². The average Bonchev–Trinajstić information content (AvgIpc) is 3.37. The highest BCUT2D eigenvalue weighted by molar-refractivity contribution is 6.33. The number of rotatable bonds is 5. The van der Waals surface area contributed by atoms with Gasteiger partial charge < -0.3 is 14.6 Å². The number of carbonyl (C=O) groups is 1. The van der Waals surface area contributed by atoms with E-state index in [1.165, 1.54) is 0 Å². The van der Waals surface area contributed by atoms with Crippen LogP contribution in [0.15, 0.2) is 34.9 Å². The van der Waals surface area contributed by atoms with Crippen LogP contribution in [0.2, 0.25) is 5.02 Å². The molecule has 0 saturated carbocycles. The van der Waals surface area contributed by atoms with E-state index in [2.05, 4.69) is 15.2 Å². The van der Waals surface area contributed by atoms with Crippen molar-refractivity contribution in [3.63, 3.8) is 0 Å². The Bertz CT molecular complexity index is 788. The molecule has 7 heteroatoms. The fourth-order valence-electron chi connectivity index (χ4n) is 3.90. The first kappa shape index (κ1) is 18.5. The Morgan fingerprint density at radius 3 is 2.89 bits per heavy atom. The molecule has 1 aromatic heterocycles. The first-order valence-electron chi connectivity index (χ1n) is 9.63. The number of aryl methyl sites for hydroxylation is 1. The zero-order valence-corrected chi connectivity index (χ0v) is 16.1. The van der Waals surface area contributed by atoms with Crippen molar-refractivity contribution in [2.24, 2.45) is 0 Å². The van der Waals surface area contributed by atoms with Crippen LogP contribution in [0.5, 0.6) is 0 Å². The van der Waals surface area contributed by atoms with Crippen LogP contribution < -0.4 is 5.32 Å². The van der Waals surface area contributed by atoms with Gasteiger partial charge in [0.15, 0.2) is 11.7 Å². The topological polar surface area (TPSA) is 61.6 Å². The average molecular weight is 389 g/mol. The highest BCUT2D eigenvalue weighted by Gasteiger charge is 2.30. The lowest BCUT2D eigenvalue weighted by atomic mass is 10.2. The van der Waals surface area contributed by atoms with Crippen molar-refractivity contribution in [2.45, 2.75) is 25.3 Å². The Labute approximate surface area is 164 Å². The van der Waals surface area contributed by atoms with Crippen LogP contribution in [0, 0.1) is 0 Å². The lowest BCUT2D eigenvalue weighted by molar-refractivity contribution is -0.130. The molecule has 0 bridgehead atoms. The van der Waals surface area contributed by atoms with Crippen LogP contribution in [0.1, 0.15) is 18.7 Å². The molecule has 2 aliphatic rings. The fraction of sp³-hybridized carbons (Fsp3) is 0.500. The van der Waals surface area contributed by atoms with Gasteiger partial charge in [-0.15, -0.1) is 0 Å². The summed E-state index contributed by atoms with van der Waals surface area (Å²) < 4.78 is 5.80. The summed E-state index contributed by atoms with van der Waals surface area (Å²) in [5.41, 5.74) is 0.822. The highest BCUT2D eigenvalue weighted by Crippen LogP contribution is 2.28. The number of nitrogens with one attached hydrogen (secondary N) is 1. The monoisotopic (exact) mass is 388 g/mol. The molecule has 27 heavy (non-hydrogen) atoms. The van der Waals surface area contributed by atoms with Crippen LogP contribution in [-0.2, 0) is 11.2 Å². The van der Waals surface area contributed by atoms with Gasteiger partial charge in [0.1, 0.15) is 0 Å². The summed E-state index contributed by atoms with van der Waals surface area (Å²) >= 11 is 6.20. The number of carbonyl (C=O) groups excluding carboxylic acids is 1. The summed E-state index contributed by atoms with van der Waals surface area (Å²) in [7, 11) is 0. The number of nitrogens with zero attached hydrogens (tertiary/aromatic N) is 3. The number of piperazine rings is 1. The van der Waals surface area contributed by atoms with E-state index in [1.807, 2.05) is 29.2 Å². The standard InChI is InChI=1S/C20H25ClN4O2/c21-17-4-2-1-3-16(17)18-13-23-19(27-18)5-6-20(26)25-10-7-15(14-25)24-11-8-22-9-12-24/h1-4,13,15,22H,5-12,14H2. The predicted octanol–water partition coefficient (Wildman–Crippen LogP) is 2.43. The minimum Gasteiger partial charge on any atom is -0.441 e. The minimum atomic E-state index is 0.185. The number of oxazole rings is 1. The Morgan fingerprint density at radius 2 is 2.07 bits per heavy atom. The van der Waals surface area contributed by atoms with E-state index in [1.54, 1.807) is 6.20 Å². The van der Waals surface area contributed by atoms with E-state index in [9.17, 15) is 4.79 Å². The molecule has 2 fully saturated rings. The molecule has 1 atom stereocenters. The van der Waals surface area contributed by atoms with Gasteiger partial charge in [0, 0.05) is 63.7 Å². The molecule has 0 radical (unpaired) electrons. The van der Waals surface area contributed by atoms with Crippen molar-refractivity contribution in [3.8, 4) is 11.3 Å². The maximum absolute atomic E-state index is 12.6. The van der Waals surface area contributed by atoms with E-state index in [4.69, 9.17) is 16.0 Å². The summed E-state index contributed by atoms with van der Waals surface area (Å²) in [6.45, 7) is 5.94. The van der Waals surface area contributed by atoms with Crippen LogP contribution >= 0.6 is 11.6 Å². The van der Waals surface area contributed by atoms with Gasteiger partial charge in [-0.2, -0.15) is 0 Å². The van der Waals surface area contributed by atoms with Crippen LogP contribution in [0.3, 0.4) is 0 Å². The molecular weight excluding hydrogens is 364 g/mol. The second-order valence-corrected chi connectivity index (χ2v) is 7.57. The van der Waals surface area contributed by atoms with Gasteiger partial charge in [0.2, 0.25) is 5.91 Å². The molecule has 144 valence electrons. The maximum Gasteiger partial charge on any atom is 0.223 e. The molecule has 1 N–H and O–H groups in total. The van der Waals surface area contributed by atoms with Gasteiger partial charge in [-0.25, -0.2) is 4.98 Å². The molecule has 1 amide bonds. The molecule has 1 aromatic carbocycles. The van der Waals surface area contributed by atoms with E-state index < -0.39 is 0 Å². The third-order valence-corrected chi connectivity index (χ3v) is 5.76. The van der Waals surface area contributed by atoms with E-state index >= 15 is 0 Å². The highest BCUT2D eigenvalue weighted by atomic mass is 35.5. The van der Waals surface area contributed by atoms with Gasteiger partial charge in [0.05, 0.1) is 11.2 Å². The van der Waals surface area contributed by atoms with Crippen molar-refractivity contribution < 1.29 is 9.21 Å². The predicted molar refractivity (Wildman–Crippen MR) is 105 cm³/mol. The molecule has 4 rings (SSSR count). The van der Waals surface area contributed by atoms with Gasteiger partial charge in [-0.3, -0.25) is 9.69 Å². The number of benzene rings is 1. The van der Waals surface area contributed by atoms with Crippen molar-refractivity contribution >= 4 is 17.5 Å². The SMILES string of the molecule is O=C(CCc1ncc(-c2ccccc2Cl)o1)N1CCC(N2CCNCC2)C1. The van der Waals surface area contributed by atoms with Gasteiger partial charge >= 0.3 is 0 Å². The zero-order valence-electron chi connectivity index (χ0n) is 15.4. The van der Waals surface area contributed by atoms with Crippen molar-refractivity contribution in [2.75, 3.05) is 39.3 Å². The first-order valence-corrected chi connectivity index (χ1v) is 10.0. The first-order chi connectivity index (χ1) is 13.2. The number of likely N-dealkylation sites (tertiary alicyclic amines) is 1. The second kappa shape index (κ2) is 8.42. The van der Waals surface area contributed by atoms with E-state index in [-0.39, 0.29) is 5.91 Å². The van der Waals surface area contributed by atoms with Gasteiger partial charge in [-0.1, -0.05) is 23.7 Å². The Balaban J connectivity index is 1.29. The molecule has 6 nitrogen and oxygen atoms in total. The molecule has 3 heterocycles.